The molecule has 2 N–H and O–H groups in total. The van der Waals surface area contributed by atoms with Crippen LogP contribution < -0.4 is 18.9 Å². The quantitative estimate of drug-likeness (QED) is 0.128. The normalized spacial score (nSPS) is 31.7. The molecule has 8 saturated carbocycles. The van der Waals surface area contributed by atoms with E-state index in [4.69, 9.17) is 9.84 Å². The van der Waals surface area contributed by atoms with E-state index in [0.29, 0.717) is 27.2 Å². The van der Waals surface area contributed by atoms with Crippen LogP contribution in [0.5, 0.6) is 0 Å². The summed E-state index contributed by atoms with van der Waals surface area (Å²) < 4.78 is 4.77. The van der Waals surface area contributed by atoms with E-state index >= 15 is 0 Å². The third-order valence-corrected chi connectivity index (χ3v) is 15.3. The van der Waals surface area contributed by atoms with Gasteiger partial charge in [-0.15, -0.1) is 0 Å². The van der Waals surface area contributed by atoms with Gasteiger partial charge in [-0.25, -0.2) is 9.59 Å². The third kappa shape index (κ3) is 8.61. The molecule has 8 fully saturated rings. The first-order chi connectivity index (χ1) is 26.7. The second-order valence-corrected chi connectivity index (χ2v) is 19.1. The average Bonchev–Trinajstić information content (AvgIpc) is 3.19. The summed E-state index contributed by atoms with van der Waals surface area (Å²) >= 11 is 0. The van der Waals surface area contributed by atoms with Crippen molar-refractivity contribution in [3.8, 4) is 0 Å². The summed E-state index contributed by atoms with van der Waals surface area (Å²) in [4.78, 5) is 31.6. The molecule has 4 atom stereocenters. The zero-order chi connectivity index (χ0) is 37.7. The minimum atomic E-state index is -0.903. The summed E-state index contributed by atoms with van der Waals surface area (Å²) in [6.45, 7) is 0. The molecule has 0 radical (unpaired) electrons. The predicted octanol–water partition coefficient (Wildman–Crippen LogP) is 8.05. The van der Waals surface area contributed by atoms with Gasteiger partial charge in [0.2, 0.25) is 0 Å². The number of benzene rings is 2. The number of hydrogen-bond acceptors (Lipinski definition) is 6. The van der Waals surface area contributed by atoms with E-state index in [-0.39, 0.29) is 43.3 Å². The predicted molar refractivity (Wildman–Crippen MR) is 223 cm³/mol. The average molecular weight is 777 g/mol. The van der Waals surface area contributed by atoms with Gasteiger partial charge in [-0.1, -0.05) is 68.1 Å². The SMILES string of the molecule is C.COC(=O)c1ccc(CCC23CC4CC(C2)CC(c2ccccc2)(C4)C3)nc1.O=C(O)c1ccc(CCC23CC4CC(C2)CC(c2ccccc2)(C4)C3)nc1.[Li+].[OH-]. The van der Waals surface area contributed by atoms with Gasteiger partial charge in [0.1, 0.15) is 0 Å². The van der Waals surface area contributed by atoms with E-state index in [1.807, 2.05) is 18.2 Å². The van der Waals surface area contributed by atoms with E-state index < -0.39 is 5.97 Å². The van der Waals surface area contributed by atoms with Crippen LogP contribution in [0.4, 0.5) is 0 Å². The number of aromatic carboxylic acids is 1. The Hall–Kier alpha value is -3.76. The van der Waals surface area contributed by atoms with Crippen LogP contribution in [0.3, 0.4) is 0 Å². The van der Waals surface area contributed by atoms with Crippen molar-refractivity contribution < 1.29 is 43.8 Å². The van der Waals surface area contributed by atoms with Crippen LogP contribution in [0.15, 0.2) is 97.3 Å². The number of carboxylic acids is 1. The molecule has 8 aliphatic rings. The molecule has 8 aliphatic carbocycles. The van der Waals surface area contributed by atoms with Gasteiger partial charge in [-0.05, 0) is 183 Å². The van der Waals surface area contributed by atoms with Crippen molar-refractivity contribution in [2.45, 2.75) is 121 Å². The maximum absolute atomic E-state index is 11.6. The van der Waals surface area contributed by atoms with Crippen LogP contribution >= 0.6 is 0 Å². The van der Waals surface area contributed by atoms with Crippen molar-refractivity contribution in [3.63, 3.8) is 0 Å². The summed E-state index contributed by atoms with van der Waals surface area (Å²) in [5, 5.41) is 9.06. The Kier molecular flexibility index (Phi) is 13.2. The van der Waals surface area contributed by atoms with Crippen molar-refractivity contribution in [1.82, 2.24) is 9.97 Å². The molecule has 2 heterocycles. The molecule has 302 valence electrons. The van der Waals surface area contributed by atoms with E-state index in [0.717, 1.165) is 47.9 Å². The zero-order valence-electron chi connectivity index (χ0n) is 33.9. The molecule has 7 nitrogen and oxygen atoms in total. The third-order valence-electron chi connectivity index (χ3n) is 15.3. The Balaban J connectivity index is 0.000000186. The van der Waals surface area contributed by atoms with Gasteiger partial charge >= 0.3 is 30.8 Å². The van der Waals surface area contributed by atoms with Gasteiger partial charge in [0, 0.05) is 23.8 Å². The number of esters is 1. The molecule has 4 unspecified atom stereocenters. The first-order valence-corrected chi connectivity index (χ1v) is 21.0. The molecule has 2 aromatic carbocycles. The molecule has 2 aromatic heterocycles. The van der Waals surface area contributed by atoms with Crippen LogP contribution in [0.2, 0.25) is 0 Å². The minimum absolute atomic E-state index is 0. The van der Waals surface area contributed by atoms with Crippen LogP contribution in [0.25, 0.3) is 0 Å². The molecule has 8 bridgehead atoms. The van der Waals surface area contributed by atoms with E-state index in [1.54, 1.807) is 23.4 Å². The van der Waals surface area contributed by atoms with E-state index in [2.05, 4.69) is 70.6 Å². The summed E-state index contributed by atoms with van der Waals surface area (Å²) in [6, 6.07) is 30.0. The number of carboxylic acid groups (broad SMARTS) is 1. The molecule has 8 heteroatoms. The molecule has 12 rings (SSSR count). The van der Waals surface area contributed by atoms with Crippen LogP contribution in [0, 0.1) is 34.5 Å². The minimum Gasteiger partial charge on any atom is -0.870 e. The van der Waals surface area contributed by atoms with Gasteiger partial charge < -0.3 is 15.3 Å². The van der Waals surface area contributed by atoms with Gasteiger partial charge in [-0.3, -0.25) is 9.97 Å². The maximum Gasteiger partial charge on any atom is 1.00 e. The molecule has 0 aliphatic heterocycles. The number of aryl methyl sites for hydroxylation is 2. The fraction of sp³-hybridized carbons (Fsp3) is 0.520. The number of pyridine rings is 2. The van der Waals surface area contributed by atoms with Gasteiger partial charge in [0.25, 0.3) is 0 Å². The maximum atomic E-state index is 11.6. The zero-order valence-corrected chi connectivity index (χ0v) is 33.9. The van der Waals surface area contributed by atoms with Crippen LogP contribution in [-0.4, -0.2) is 39.6 Å². The van der Waals surface area contributed by atoms with Crippen LogP contribution in [0.1, 0.15) is 141 Å². The summed E-state index contributed by atoms with van der Waals surface area (Å²) in [6.07, 6.45) is 24.2. The number of aromatic nitrogens is 2. The fourth-order valence-electron chi connectivity index (χ4n) is 14.0. The standard InChI is InChI=1S/C25H29NO2.C24H27NO2.CH4.Li.H2O/c1-28-23(27)20-7-8-22(26-16-20)9-10-24-12-18-11-19(13-24)15-25(14-18,17-24)21-5-3-2-4-6-21;26-22(27)19-6-7-21(25-15-19)8-9-23-11-17-10-18(12-23)14-24(13-17,16-23)20-4-2-1-3-5-20;;;/h2-8,16,18-19H,9-15,17H2,1H3;1-7,15,17-18H,8-14,16H2,(H,26,27);1H4;;1H2/q;;;+1;/p-1. The van der Waals surface area contributed by atoms with Gasteiger partial charge in [-0.2, -0.15) is 0 Å². The topological polar surface area (TPSA) is 119 Å². The monoisotopic (exact) mass is 776 g/mol. The van der Waals surface area contributed by atoms with Crippen molar-refractivity contribution in [2.75, 3.05) is 7.11 Å². The Labute approximate surface area is 357 Å². The van der Waals surface area contributed by atoms with Gasteiger partial charge in [0.15, 0.2) is 0 Å². The van der Waals surface area contributed by atoms with Crippen molar-refractivity contribution in [1.29, 1.82) is 0 Å². The molecular weight excluding hydrogens is 716 g/mol. The first-order valence-electron chi connectivity index (χ1n) is 21.0. The number of carbonyl (C=O) groups is 2. The van der Waals surface area contributed by atoms with E-state index in [1.165, 1.54) is 103 Å². The number of nitrogens with zero attached hydrogens (tertiary/aromatic N) is 2. The number of rotatable bonds is 10. The number of hydrogen-bond donors (Lipinski definition) is 1. The molecule has 0 spiro atoms. The van der Waals surface area contributed by atoms with Crippen LogP contribution in [-0.2, 0) is 28.4 Å². The second kappa shape index (κ2) is 17.5. The Bertz CT molecular complexity index is 1980. The second-order valence-electron chi connectivity index (χ2n) is 19.1. The summed E-state index contributed by atoms with van der Waals surface area (Å²) in [5.74, 6) is 2.35. The molecule has 0 amide bonds. The smallest absolute Gasteiger partial charge is 0.870 e. The molecule has 58 heavy (non-hydrogen) atoms. The Morgan fingerprint density at radius 2 is 1.02 bits per heavy atom. The fourth-order valence-corrected chi connectivity index (χ4v) is 14.0. The first kappa shape index (κ1) is 43.8. The number of carbonyl (C=O) groups excluding carboxylic acids is 1. The summed E-state index contributed by atoms with van der Waals surface area (Å²) in [5.41, 5.74) is 7.80. The molecule has 4 aromatic rings. The van der Waals surface area contributed by atoms with Crippen molar-refractivity contribution in [2.24, 2.45) is 34.5 Å². The van der Waals surface area contributed by atoms with Gasteiger partial charge in [0.05, 0.1) is 18.2 Å². The number of methoxy groups -OCH3 is 1. The molecule has 0 saturated heterocycles. The van der Waals surface area contributed by atoms with Crippen molar-refractivity contribution >= 4 is 11.9 Å². The Morgan fingerprint density at radius 1 is 0.621 bits per heavy atom. The molecular formula is C50H61LiN2O5. The van der Waals surface area contributed by atoms with Crippen molar-refractivity contribution in [3.05, 3.63) is 131 Å². The summed E-state index contributed by atoms with van der Waals surface area (Å²) in [7, 11) is 1.41. The Morgan fingerprint density at radius 3 is 1.36 bits per heavy atom. The number of ether oxygens (including phenoxy) is 1. The van der Waals surface area contributed by atoms with E-state index in [9.17, 15) is 9.59 Å². The largest absolute Gasteiger partial charge is 1.00 e.